The van der Waals surface area contributed by atoms with Crippen LogP contribution in [0, 0.1) is 5.92 Å². The maximum atomic E-state index is 12.6. The van der Waals surface area contributed by atoms with E-state index in [-0.39, 0.29) is 17.9 Å². The monoisotopic (exact) mass is 406 g/mol. The minimum absolute atomic E-state index is 0.0338. The summed E-state index contributed by atoms with van der Waals surface area (Å²) in [7, 11) is 3.19. The maximum Gasteiger partial charge on any atom is 0.225 e. The molecule has 154 valence electrons. The molecule has 1 atom stereocenters. The Balaban J connectivity index is 2.09. The van der Waals surface area contributed by atoms with E-state index in [2.05, 4.69) is 18.8 Å². The summed E-state index contributed by atoms with van der Waals surface area (Å²) in [4.78, 5) is 19.1. The molecule has 0 unspecified atom stereocenters. The van der Waals surface area contributed by atoms with Gasteiger partial charge in [-0.3, -0.25) is 4.79 Å². The van der Waals surface area contributed by atoms with Gasteiger partial charge in [-0.25, -0.2) is 4.98 Å². The molecule has 0 saturated heterocycles. The first-order chi connectivity index (χ1) is 13.4. The van der Waals surface area contributed by atoms with E-state index in [9.17, 15) is 4.79 Å². The molecule has 7 heteroatoms. The van der Waals surface area contributed by atoms with E-state index in [0.717, 1.165) is 17.1 Å². The zero-order valence-corrected chi connectivity index (χ0v) is 18.3. The SMILES string of the molecule is CC[C@H](C)N(Cc1csc(COc2c(OC)cccc2OC)n1)C(=O)C(C)C. The van der Waals surface area contributed by atoms with Crippen molar-refractivity contribution in [2.45, 2.75) is 53.3 Å². The van der Waals surface area contributed by atoms with Gasteiger partial charge in [-0.1, -0.05) is 26.8 Å². The molecule has 1 aromatic carbocycles. The maximum absolute atomic E-state index is 12.6. The van der Waals surface area contributed by atoms with Gasteiger partial charge < -0.3 is 19.1 Å². The topological polar surface area (TPSA) is 60.9 Å². The molecule has 2 aromatic rings. The summed E-state index contributed by atoms with van der Waals surface area (Å²) in [5, 5.41) is 2.82. The molecule has 1 amide bonds. The summed E-state index contributed by atoms with van der Waals surface area (Å²) in [6.45, 7) is 8.84. The fourth-order valence-electron chi connectivity index (χ4n) is 2.76. The zero-order chi connectivity index (χ0) is 20.7. The van der Waals surface area contributed by atoms with Gasteiger partial charge in [0.15, 0.2) is 11.5 Å². The van der Waals surface area contributed by atoms with Gasteiger partial charge in [0.05, 0.1) is 26.5 Å². The van der Waals surface area contributed by atoms with Crippen LogP contribution in [0.15, 0.2) is 23.6 Å². The van der Waals surface area contributed by atoms with Crippen molar-refractivity contribution in [1.29, 1.82) is 0 Å². The Bertz CT molecular complexity index is 753. The average molecular weight is 407 g/mol. The first-order valence-corrected chi connectivity index (χ1v) is 10.4. The third-order valence-electron chi connectivity index (χ3n) is 4.55. The predicted molar refractivity (Wildman–Crippen MR) is 111 cm³/mol. The van der Waals surface area contributed by atoms with Crippen LogP contribution in [0.5, 0.6) is 17.2 Å². The second-order valence-electron chi connectivity index (χ2n) is 6.89. The number of hydrogen-bond acceptors (Lipinski definition) is 6. The quantitative estimate of drug-likeness (QED) is 0.580. The number of ether oxygens (including phenoxy) is 3. The highest BCUT2D eigenvalue weighted by atomic mass is 32.1. The fraction of sp³-hybridized carbons (Fsp3) is 0.524. The molecule has 0 saturated carbocycles. The molecule has 0 aliphatic heterocycles. The van der Waals surface area contributed by atoms with Gasteiger partial charge in [0.25, 0.3) is 0 Å². The second-order valence-corrected chi connectivity index (χ2v) is 7.83. The Morgan fingerprint density at radius 2 is 1.82 bits per heavy atom. The van der Waals surface area contributed by atoms with Crippen molar-refractivity contribution in [2.75, 3.05) is 14.2 Å². The first-order valence-electron chi connectivity index (χ1n) is 9.48. The van der Waals surface area contributed by atoms with Crippen molar-refractivity contribution >= 4 is 17.2 Å². The number of hydrogen-bond donors (Lipinski definition) is 0. The van der Waals surface area contributed by atoms with Crippen LogP contribution in [0.3, 0.4) is 0 Å². The summed E-state index contributed by atoms with van der Waals surface area (Å²) in [6.07, 6.45) is 0.909. The number of carbonyl (C=O) groups excluding carboxylic acids is 1. The van der Waals surface area contributed by atoms with Gasteiger partial charge in [-0.2, -0.15) is 0 Å². The normalized spacial score (nSPS) is 12.0. The van der Waals surface area contributed by atoms with E-state index in [1.165, 1.54) is 11.3 Å². The van der Waals surface area contributed by atoms with E-state index in [0.29, 0.717) is 30.4 Å². The van der Waals surface area contributed by atoms with Gasteiger partial charge in [0.1, 0.15) is 11.6 Å². The summed E-state index contributed by atoms with van der Waals surface area (Å²) < 4.78 is 16.6. The third-order valence-corrected chi connectivity index (χ3v) is 5.43. The van der Waals surface area contributed by atoms with Crippen molar-refractivity contribution in [3.63, 3.8) is 0 Å². The van der Waals surface area contributed by atoms with Crippen molar-refractivity contribution in [3.05, 3.63) is 34.3 Å². The van der Waals surface area contributed by atoms with E-state index >= 15 is 0 Å². The Hall–Kier alpha value is -2.28. The smallest absolute Gasteiger partial charge is 0.225 e. The molecular weight excluding hydrogens is 376 g/mol. The number of carbonyl (C=O) groups is 1. The molecule has 0 fully saturated rings. The van der Waals surface area contributed by atoms with Crippen LogP contribution in [0.2, 0.25) is 0 Å². The van der Waals surface area contributed by atoms with Crippen LogP contribution < -0.4 is 14.2 Å². The molecule has 2 rings (SSSR count). The van der Waals surface area contributed by atoms with Gasteiger partial charge in [-0.15, -0.1) is 11.3 Å². The van der Waals surface area contributed by atoms with E-state index < -0.39 is 0 Å². The molecule has 0 spiro atoms. The number of rotatable bonds is 10. The lowest BCUT2D eigenvalue weighted by Crippen LogP contribution is -2.40. The number of benzene rings is 1. The Morgan fingerprint density at radius 1 is 1.18 bits per heavy atom. The summed E-state index contributed by atoms with van der Waals surface area (Å²) >= 11 is 1.52. The number of aromatic nitrogens is 1. The molecule has 6 nitrogen and oxygen atoms in total. The average Bonchev–Trinajstić information content (AvgIpc) is 3.16. The minimum atomic E-state index is -0.0338. The number of methoxy groups -OCH3 is 2. The summed E-state index contributed by atoms with van der Waals surface area (Å²) in [5.41, 5.74) is 0.880. The van der Waals surface area contributed by atoms with Crippen LogP contribution in [0.25, 0.3) is 0 Å². The van der Waals surface area contributed by atoms with Gasteiger partial charge in [-0.05, 0) is 25.5 Å². The Morgan fingerprint density at radius 3 is 2.36 bits per heavy atom. The molecule has 28 heavy (non-hydrogen) atoms. The largest absolute Gasteiger partial charge is 0.493 e. The van der Waals surface area contributed by atoms with E-state index in [4.69, 9.17) is 14.2 Å². The van der Waals surface area contributed by atoms with Crippen LogP contribution >= 0.6 is 11.3 Å². The molecule has 0 N–H and O–H groups in total. The number of nitrogens with zero attached hydrogens (tertiary/aromatic N) is 2. The van der Waals surface area contributed by atoms with Crippen LogP contribution in [-0.4, -0.2) is 36.1 Å². The Labute approximate surface area is 171 Å². The van der Waals surface area contributed by atoms with Crippen LogP contribution in [0.4, 0.5) is 0 Å². The summed E-state index contributed by atoms with van der Waals surface area (Å²) in [5.74, 6) is 1.90. The zero-order valence-electron chi connectivity index (χ0n) is 17.5. The van der Waals surface area contributed by atoms with E-state index in [1.807, 2.05) is 42.3 Å². The molecule has 0 aliphatic carbocycles. The molecule has 1 aromatic heterocycles. The fourth-order valence-corrected chi connectivity index (χ4v) is 3.45. The van der Waals surface area contributed by atoms with Crippen LogP contribution in [-0.2, 0) is 17.9 Å². The Kier molecular flexibility index (Phi) is 8.11. The highest BCUT2D eigenvalue weighted by Gasteiger charge is 2.22. The van der Waals surface area contributed by atoms with Crippen molar-refractivity contribution in [1.82, 2.24) is 9.88 Å². The standard InChI is InChI=1S/C21H30N2O4S/c1-7-15(4)23(21(24)14(2)3)11-16-13-28-19(22-16)12-27-20-17(25-5)9-8-10-18(20)26-6/h8-10,13-15H,7,11-12H2,1-6H3/t15-/m0/s1. The molecule has 1 heterocycles. The first kappa shape index (κ1) is 22.0. The van der Waals surface area contributed by atoms with Crippen molar-refractivity contribution in [3.8, 4) is 17.2 Å². The van der Waals surface area contributed by atoms with Gasteiger partial charge >= 0.3 is 0 Å². The number of amides is 1. The van der Waals surface area contributed by atoms with Crippen molar-refractivity contribution in [2.24, 2.45) is 5.92 Å². The highest BCUT2D eigenvalue weighted by Crippen LogP contribution is 2.37. The number of para-hydroxylation sites is 1. The van der Waals surface area contributed by atoms with Gasteiger partial charge in [0, 0.05) is 17.3 Å². The molecular formula is C21H30N2O4S. The lowest BCUT2D eigenvalue weighted by molar-refractivity contribution is -0.137. The second kappa shape index (κ2) is 10.3. The molecule has 0 aliphatic rings. The van der Waals surface area contributed by atoms with Crippen LogP contribution in [0.1, 0.15) is 44.8 Å². The molecule has 0 radical (unpaired) electrons. The van der Waals surface area contributed by atoms with Gasteiger partial charge in [0.2, 0.25) is 11.7 Å². The lowest BCUT2D eigenvalue weighted by atomic mass is 10.1. The predicted octanol–water partition coefficient (Wildman–Crippen LogP) is 4.52. The lowest BCUT2D eigenvalue weighted by Gasteiger charge is -2.29. The van der Waals surface area contributed by atoms with Crippen molar-refractivity contribution < 1.29 is 19.0 Å². The van der Waals surface area contributed by atoms with E-state index in [1.54, 1.807) is 14.2 Å². The number of thiazole rings is 1. The summed E-state index contributed by atoms with van der Waals surface area (Å²) in [6, 6.07) is 5.68. The highest BCUT2D eigenvalue weighted by molar-refractivity contribution is 7.09. The molecule has 0 bridgehead atoms. The minimum Gasteiger partial charge on any atom is -0.493 e. The third kappa shape index (κ3) is 5.38.